The van der Waals surface area contributed by atoms with Gasteiger partial charge in [-0.3, -0.25) is 0 Å². The summed E-state index contributed by atoms with van der Waals surface area (Å²) < 4.78 is 34.3. The molecule has 2 aromatic carbocycles. The summed E-state index contributed by atoms with van der Waals surface area (Å²) in [6.45, 7) is 3.27. The molecule has 1 saturated heterocycles. The maximum atomic E-state index is 13.0. The molecule has 2 heterocycles. The summed E-state index contributed by atoms with van der Waals surface area (Å²) in [6.07, 6.45) is 1.78. The van der Waals surface area contributed by atoms with Gasteiger partial charge in [0.15, 0.2) is 0 Å². The van der Waals surface area contributed by atoms with Gasteiger partial charge < -0.3 is 4.42 Å². The highest BCUT2D eigenvalue weighted by molar-refractivity contribution is 9.10. The van der Waals surface area contributed by atoms with E-state index in [1.54, 1.807) is 28.6 Å². The van der Waals surface area contributed by atoms with Crippen LogP contribution in [0.15, 0.2) is 62.3 Å². The first-order valence-corrected chi connectivity index (χ1v) is 11.4. The lowest BCUT2D eigenvalue weighted by atomic mass is 10.0. The molecule has 1 aliphatic rings. The molecule has 1 aromatic heterocycles. The van der Waals surface area contributed by atoms with Gasteiger partial charge >= 0.3 is 0 Å². The zero-order valence-electron chi connectivity index (χ0n) is 15.4. The predicted octanol–water partition coefficient (Wildman–Crippen LogP) is 4.59. The minimum Gasteiger partial charge on any atom is -0.416 e. The van der Waals surface area contributed by atoms with Gasteiger partial charge in [0, 0.05) is 28.7 Å². The van der Waals surface area contributed by atoms with Gasteiger partial charge in [-0.1, -0.05) is 28.9 Å². The number of hydrogen-bond acceptors (Lipinski definition) is 5. The van der Waals surface area contributed by atoms with Crippen LogP contribution in [0, 0.1) is 5.92 Å². The summed E-state index contributed by atoms with van der Waals surface area (Å²) in [4.78, 5) is 0.253. The number of halogens is 1. The van der Waals surface area contributed by atoms with Crippen LogP contribution in [0.5, 0.6) is 0 Å². The van der Waals surface area contributed by atoms with E-state index in [0.29, 0.717) is 36.4 Å². The van der Waals surface area contributed by atoms with Crippen LogP contribution in [0.2, 0.25) is 0 Å². The first-order valence-electron chi connectivity index (χ1n) is 9.13. The van der Waals surface area contributed by atoms with E-state index in [2.05, 4.69) is 33.1 Å². The first-order chi connectivity index (χ1) is 13.4. The minimum absolute atomic E-state index is 0.253. The normalized spacial score (nSPS) is 16.4. The van der Waals surface area contributed by atoms with Crippen molar-refractivity contribution in [3.8, 4) is 22.9 Å². The Bertz CT molecular complexity index is 1070. The van der Waals surface area contributed by atoms with E-state index >= 15 is 0 Å². The summed E-state index contributed by atoms with van der Waals surface area (Å²) in [5.41, 5.74) is 1.38. The Hall–Kier alpha value is -2.03. The Balaban J connectivity index is 1.61. The average molecular weight is 462 g/mol. The van der Waals surface area contributed by atoms with Gasteiger partial charge in [0.05, 0.1) is 4.90 Å². The van der Waals surface area contributed by atoms with Crippen LogP contribution in [-0.2, 0) is 10.0 Å². The average Bonchev–Trinajstić information content (AvgIpc) is 3.19. The lowest BCUT2D eigenvalue weighted by Crippen LogP contribution is -2.37. The largest absolute Gasteiger partial charge is 0.416 e. The van der Waals surface area contributed by atoms with Crippen molar-refractivity contribution in [3.05, 3.63) is 53.0 Å². The van der Waals surface area contributed by atoms with E-state index in [9.17, 15) is 8.42 Å². The van der Waals surface area contributed by atoms with Crippen LogP contribution in [0.4, 0.5) is 0 Å². The Morgan fingerprint density at radius 3 is 2.32 bits per heavy atom. The maximum Gasteiger partial charge on any atom is 0.248 e. The second-order valence-electron chi connectivity index (χ2n) is 7.03. The summed E-state index contributed by atoms with van der Waals surface area (Å²) in [5, 5.41) is 8.18. The molecule has 1 fully saturated rings. The molecule has 3 aromatic rings. The van der Waals surface area contributed by atoms with E-state index in [-0.39, 0.29) is 4.90 Å². The van der Waals surface area contributed by atoms with Gasteiger partial charge in [-0.2, -0.15) is 4.31 Å². The molecule has 0 aliphatic carbocycles. The molecule has 28 heavy (non-hydrogen) atoms. The standard InChI is InChI=1S/C20H20BrN3O3S/c1-14-9-11-24(12-10-14)28(25,26)18-4-2-3-16(13-18)20-23-22-19(27-20)15-5-7-17(21)8-6-15/h2-8,13-14H,9-12H2,1H3. The molecular formula is C20H20BrN3O3S. The van der Waals surface area contributed by atoms with Crippen molar-refractivity contribution in [2.24, 2.45) is 5.92 Å². The van der Waals surface area contributed by atoms with E-state index in [4.69, 9.17) is 4.42 Å². The summed E-state index contributed by atoms with van der Waals surface area (Å²) in [6, 6.07) is 14.2. The van der Waals surface area contributed by atoms with Crippen molar-refractivity contribution in [2.45, 2.75) is 24.7 Å². The Labute approximate surface area is 172 Å². The van der Waals surface area contributed by atoms with Crippen LogP contribution in [0.1, 0.15) is 19.8 Å². The van der Waals surface area contributed by atoms with E-state index in [1.165, 1.54) is 0 Å². The van der Waals surface area contributed by atoms with Crippen LogP contribution >= 0.6 is 15.9 Å². The van der Waals surface area contributed by atoms with Crippen LogP contribution in [-0.4, -0.2) is 36.0 Å². The topological polar surface area (TPSA) is 76.3 Å². The van der Waals surface area contributed by atoms with Crippen LogP contribution in [0.3, 0.4) is 0 Å². The number of hydrogen-bond donors (Lipinski definition) is 0. The molecule has 0 saturated carbocycles. The highest BCUT2D eigenvalue weighted by Crippen LogP contribution is 2.28. The molecule has 0 unspecified atom stereocenters. The molecular weight excluding hydrogens is 442 g/mol. The molecule has 1 aliphatic heterocycles. The highest BCUT2D eigenvalue weighted by atomic mass is 79.9. The fourth-order valence-electron chi connectivity index (χ4n) is 3.21. The number of sulfonamides is 1. The lowest BCUT2D eigenvalue weighted by molar-refractivity contribution is 0.288. The zero-order chi connectivity index (χ0) is 19.7. The smallest absolute Gasteiger partial charge is 0.248 e. The molecule has 4 rings (SSSR count). The van der Waals surface area contributed by atoms with Crippen LogP contribution in [0.25, 0.3) is 22.9 Å². The second kappa shape index (κ2) is 7.77. The predicted molar refractivity (Wildman–Crippen MR) is 110 cm³/mol. The molecule has 0 N–H and O–H groups in total. The molecule has 6 nitrogen and oxygen atoms in total. The molecule has 0 bridgehead atoms. The van der Waals surface area contributed by atoms with Gasteiger partial charge in [-0.05, 0) is 61.2 Å². The number of rotatable bonds is 4. The number of nitrogens with zero attached hydrogens (tertiary/aromatic N) is 3. The third kappa shape index (κ3) is 3.90. The number of aromatic nitrogens is 2. The van der Waals surface area contributed by atoms with Gasteiger partial charge in [0.2, 0.25) is 21.8 Å². The molecule has 8 heteroatoms. The fraction of sp³-hybridized carbons (Fsp3) is 0.300. The number of piperidine rings is 1. The third-order valence-corrected chi connectivity index (χ3v) is 7.40. The molecule has 0 radical (unpaired) electrons. The lowest BCUT2D eigenvalue weighted by Gasteiger charge is -2.29. The summed E-state index contributed by atoms with van der Waals surface area (Å²) >= 11 is 3.39. The Kier molecular flexibility index (Phi) is 5.35. The SMILES string of the molecule is CC1CCN(S(=O)(=O)c2cccc(-c3nnc(-c4ccc(Br)cc4)o3)c2)CC1. The van der Waals surface area contributed by atoms with Gasteiger partial charge in [0.1, 0.15) is 0 Å². The molecule has 0 amide bonds. The second-order valence-corrected chi connectivity index (χ2v) is 9.89. The quantitative estimate of drug-likeness (QED) is 0.567. The van der Waals surface area contributed by atoms with E-state index < -0.39 is 10.0 Å². The summed E-state index contributed by atoms with van der Waals surface area (Å²) in [5.74, 6) is 1.25. The maximum absolute atomic E-state index is 13.0. The van der Waals surface area contributed by atoms with Crippen molar-refractivity contribution in [1.29, 1.82) is 0 Å². The van der Waals surface area contributed by atoms with E-state index in [1.807, 2.05) is 24.3 Å². The van der Waals surface area contributed by atoms with Crippen molar-refractivity contribution in [2.75, 3.05) is 13.1 Å². The molecule has 0 spiro atoms. The fourth-order valence-corrected chi connectivity index (χ4v) is 4.99. The van der Waals surface area contributed by atoms with Gasteiger partial charge in [-0.15, -0.1) is 10.2 Å². The van der Waals surface area contributed by atoms with E-state index in [0.717, 1.165) is 22.9 Å². The third-order valence-electron chi connectivity index (χ3n) is 4.98. The van der Waals surface area contributed by atoms with Crippen molar-refractivity contribution >= 4 is 26.0 Å². The monoisotopic (exact) mass is 461 g/mol. The summed E-state index contributed by atoms with van der Waals surface area (Å²) in [7, 11) is -3.53. The van der Waals surface area contributed by atoms with Crippen LogP contribution < -0.4 is 0 Å². The van der Waals surface area contributed by atoms with Crippen molar-refractivity contribution < 1.29 is 12.8 Å². The molecule has 0 atom stereocenters. The minimum atomic E-state index is -3.53. The van der Waals surface area contributed by atoms with Crippen molar-refractivity contribution in [3.63, 3.8) is 0 Å². The Morgan fingerprint density at radius 1 is 1.00 bits per heavy atom. The van der Waals surface area contributed by atoms with Gasteiger partial charge in [-0.25, -0.2) is 8.42 Å². The zero-order valence-corrected chi connectivity index (χ0v) is 17.8. The molecule has 146 valence electrons. The first kappa shape index (κ1) is 19.3. The highest BCUT2D eigenvalue weighted by Gasteiger charge is 2.28. The Morgan fingerprint density at radius 2 is 1.64 bits per heavy atom. The van der Waals surface area contributed by atoms with Gasteiger partial charge in [0.25, 0.3) is 0 Å². The van der Waals surface area contributed by atoms with Crippen molar-refractivity contribution in [1.82, 2.24) is 14.5 Å². The number of benzene rings is 2.